The van der Waals surface area contributed by atoms with Crippen molar-refractivity contribution in [1.82, 2.24) is 0 Å². The standard InChI is InChI=1S/C25H37FO2S/c1-5-7-12-24(29-6-2)14-11-19-20-9-8-17-15-18(27)10-13-22(17,3)25(20,26)21(28)16-23(19,24)4/h10,13,15,19-21,28H,5-9,11-12,14,16H2,1-4H3/t19-,20-,21-,22-,23-,24+,25-/m0/s1. The van der Waals surface area contributed by atoms with Crippen LogP contribution >= 0.6 is 11.8 Å². The van der Waals surface area contributed by atoms with Crippen molar-refractivity contribution in [3.05, 3.63) is 23.8 Å². The van der Waals surface area contributed by atoms with Gasteiger partial charge in [0.2, 0.25) is 0 Å². The fourth-order valence-electron chi connectivity index (χ4n) is 7.75. The molecule has 0 aliphatic heterocycles. The maximum Gasteiger partial charge on any atom is 0.178 e. The molecule has 0 aromatic carbocycles. The van der Waals surface area contributed by atoms with Crippen LogP contribution in [-0.2, 0) is 4.79 Å². The number of hydrogen-bond donors (Lipinski definition) is 1. The van der Waals surface area contributed by atoms with Crippen molar-refractivity contribution < 1.29 is 14.3 Å². The third kappa shape index (κ3) is 2.73. The molecular weight excluding hydrogens is 383 g/mol. The summed E-state index contributed by atoms with van der Waals surface area (Å²) in [6.07, 6.45) is 11.7. The summed E-state index contributed by atoms with van der Waals surface area (Å²) in [5.74, 6) is 1.19. The maximum atomic E-state index is 17.1. The van der Waals surface area contributed by atoms with Crippen LogP contribution in [0.2, 0.25) is 0 Å². The van der Waals surface area contributed by atoms with Crippen LogP contribution in [0.25, 0.3) is 0 Å². The van der Waals surface area contributed by atoms with Gasteiger partial charge in [-0.1, -0.05) is 45.3 Å². The minimum Gasteiger partial charge on any atom is -0.390 e. The van der Waals surface area contributed by atoms with Gasteiger partial charge in [0.15, 0.2) is 11.5 Å². The van der Waals surface area contributed by atoms with Crippen molar-refractivity contribution in [2.45, 2.75) is 95.6 Å². The number of unbranched alkanes of at least 4 members (excludes halogenated alkanes) is 1. The smallest absolute Gasteiger partial charge is 0.178 e. The highest BCUT2D eigenvalue weighted by molar-refractivity contribution is 8.00. The summed E-state index contributed by atoms with van der Waals surface area (Å²) in [5.41, 5.74) is -1.70. The van der Waals surface area contributed by atoms with Crippen molar-refractivity contribution in [1.29, 1.82) is 0 Å². The van der Waals surface area contributed by atoms with E-state index >= 15 is 4.39 Å². The summed E-state index contributed by atoms with van der Waals surface area (Å²) in [6.45, 7) is 8.75. The molecule has 0 amide bonds. The monoisotopic (exact) mass is 420 g/mol. The number of halogens is 1. The lowest BCUT2D eigenvalue weighted by Crippen LogP contribution is -2.67. The van der Waals surface area contributed by atoms with Crippen LogP contribution in [0.15, 0.2) is 23.8 Å². The summed E-state index contributed by atoms with van der Waals surface area (Å²) >= 11 is 2.07. The van der Waals surface area contributed by atoms with Crippen LogP contribution in [0.5, 0.6) is 0 Å². The number of aliphatic hydroxyl groups is 1. The Bertz CT molecular complexity index is 747. The van der Waals surface area contributed by atoms with Crippen LogP contribution < -0.4 is 0 Å². The van der Waals surface area contributed by atoms with E-state index in [-0.39, 0.29) is 21.9 Å². The van der Waals surface area contributed by atoms with Crippen LogP contribution in [0, 0.1) is 22.7 Å². The molecule has 2 nitrogen and oxygen atoms in total. The van der Waals surface area contributed by atoms with Gasteiger partial charge in [0.1, 0.15) is 0 Å². The number of carbonyl (C=O) groups is 1. The van der Waals surface area contributed by atoms with E-state index in [9.17, 15) is 9.90 Å². The second-order valence-electron chi connectivity index (χ2n) is 10.3. The molecule has 4 rings (SSSR count). The Morgan fingerprint density at radius 1 is 1.24 bits per heavy atom. The molecule has 0 radical (unpaired) electrons. The molecule has 4 heteroatoms. The van der Waals surface area contributed by atoms with Gasteiger partial charge in [0, 0.05) is 16.1 Å². The maximum absolute atomic E-state index is 17.1. The average molecular weight is 421 g/mol. The van der Waals surface area contributed by atoms with E-state index in [0.29, 0.717) is 12.3 Å². The quantitative estimate of drug-likeness (QED) is 0.589. The van der Waals surface area contributed by atoms with Crippen LogP contribution in [0.1, 0.15) is 79.1 Å². The topological polar surface area (TPSA) is 37.3 Å². The Kier molecular flexibility index (Phi) is 5.38. The van der Waals surface area contributed by atoms with Gasteiger partial charge in [-0.15, -0.1) is 0 Å². The van der Waals surface area contributed by atoms with Crippen molar-refractivity contribution in [2.24, 2.45) is 22.7 Å². The van der Waals surface area contributed by atoms with E-state index in [1.807, 2.05) is 6.92 Å². The highest BCUT2D eigenvalue weighted by Gasteiger charge is 2.72. The summed E-state index contributed by atoms with van der Waals surface area (Å²) in [6, 6.07) is 0. The molecule has 29 heavy (non-hydrogen) atoms. The Morgan fingerprint density at radius 2 is 2.00 bits per heavy atom. The Hall–Kier alpha value is -0.610. The van der Waals surface area contributed by atoms with Gasteiger partial charge in [-0.2, -0.15) is 11.8 Å². The summed E-state index contributed by atoms with van der Waals surface area (Å²) in [7, 11) is 0. The largest absolute Gasteiger partial charge is 0.390 e. The van der Waals surface area contributed by atoms with Crippen molar-refractivity contribution in [2.75, 3.05) is 5.75 Å². The Balaban J connectivity index is 1.76. The molecule has 0 aromatic rings. The molecule has 0 saturated heterocycles. The molecule has 0 aromatic heterocycles. The minimum atomic E-state index is -1.68. The summed E-state index contributed by atoms with van der Waals surface area (Å²) < 4.78 is 17.2. The summed E-state index contributed by atoms with van der Waals surface area (Å²) in [5, 5.41) is 11.4. The number of thioether (sulfide) groups is 1. The predicted molar refractivity (Wildman–Crippen MR) is 119 cm³/mol. The van der Waals surface area contributed by atoms with Gasteiger partial charge >= 0.3 is 0 Å². The van der Waals surface area contributed by atoms with Crippen LogP contribution in [-0.4, -0.2) is 33.2 Å². The molecule has 3 saturated carbocycles. The third-order valence-corrected chi connectivity index (χ3v) is 11.0. The average Bonchev–Trinajstić information content (AvgIpc) is 2.95. The van der Waals surface area contributed by atoms with E-state index in [4.69, 9.17) is 0 Å². The number of fused-ring (bicyclic) bond motifs is 5. The molecule has 3 fully saturated rings. The number of allylic oxidation sites excluding steroid dienone is 4. The molecule has 0 spiro atoms. The lowest BCUT2D eigenvalue weighted by atomic mass is 9.45. The minimum absolute atomic E-state index is 0.0334. The zero-order chi connectivity index (χ0) is 21.1. The molecule has 4 aliphatic carbocycles. The first kappa shape index (κ1) is 21.6. The third-order valence-electron chi connectivity index (χ3n) is 9.29. The molecule has 0 bridgehead atoms. The summed E-state index contributed by atoms with van der Waals surface area (Å²) in [4.78, 5) is 11.9. The SMILES string of the molecule is CCCC[C@@]1(SCC)CC[C@H]2[C@@H]3CCC4=CC(=O)C=C[C@]4(C)[C@@]3(F)[C@@H](O)C[C@@]21C. The molecule has 162 valence electrons. The first-order chi connectivity index (χ1) is 13.7. The van der Waals surface area contributed by atoms with Gasteiger partial charge in [-0.3, -0.25) is 4.79 Å². The molecule has 0 unspecified atom stereocenters. The van der Waals surface area contributed by atoms with Gasteiger partial charge in [-0.05, 0) is 74.7 Å². The molecule has 7 atom stereocenters. The second kappa shape index (κ2) is 7.22. The lowest BCUT2D eigenvalue weighted by molar-refractivity contribution is -0.192. The molecule has 1 N–H and O–H groups in total. The number of ketones is 1. The van der Waals surface area contributed by atoms with Gasteiger partial charge < -0.3 is 5.11 Å². The number of carbonyl (C=O) groups excluding carboxylic acids is 1. The van der Waals surface area contributed by atoms with E-state index in [1.54, 1.807) is 12.2 Å². The first-order valence-electron chi connectivity index (χ1n) is 11.6. The van der Waals surface area contributed by atoms with Gasteiger partial charge in [0.25, 0.3) is 0 Å². The van der Waals surface area contributed by atoms with E-state index in [0.717, 1.165) is 37.0 Å². The van der Waals surface area contributed by atoms with Crippen LogP contribution in [0.3, 0.4) is 0 Å². The van der Waals surface area contributed by atoms with E-state index in [1.165, 1.54) is 25.3 Å². The Labute approximate surface area is 179 Å². The zero-order valence-corrected chi connectivity index (χ0v) is 19.3. The van der Waals surface area contributed by atoms with Gasteiger partial charge in [-0.25, -0.2) is 4.39 Å². The Morgan fingerprint density at radius 3 is 2.69 bits per heavy atom. The lowest BCUT2D eigenvalue weighted by Gasteiger charge is -2.63. The molecular formula is C25H37FO2S. The number of aliphatic hydroxyl groups excluding tert-OH is 1. The van der Waals surface area contributed by atoms with E-state index < -0.39 is 17.2 Å². The van der Waals surface area contributed by atoms with Crippen molar-refractivity contribution in [3.8, 4) is 0 Å². The number of hydrogen-bond acceptors (Lipinski definition) is 3. The highest BCUT2D eigenvalue weighted by atomic mass is 32.2. The van der Waals surface area contributed by atoms with E-state index in [2.05, 4.69) is 32.5 Å². The molecule has 4 aliphatic rings. The fourth-order valence-corrected chi connectivity index (χ4v) is 9.41. The number of rotatable bonds is 5. The van der Waals surface area contributed by atoms with Crippen molar-refractivity contribution in [3.63, 3.8) is 0 Å². The van der Waals surface area contributed by atoms with Crippen molar-refractivity contribution >= 4 is 17.5 Å². The first-order valence-corrected chi connectivity index (χ1v) is 12.6. The van der Waals surface area contributed by atoms with Gasteiger partial charge in [0.05, 0.1) is 6.10 Å². The normalized spacial score (nSPS) is 48.7. The zero-order valence-electron chi connectivity index (χ0n) is 18.5. The molecule has 0 heterocycles. The fraction of sp³-hybridized carbons (Fsp3) is 0.800. The second-order valence-corrected chi connectivity index (χ2v) is 12.0. The van der Waals surface area contributed by atoms with Crippen LogP contribution in [0.4, 0.5) is 4.39 Å². The highest BCUT2D eigenvalue weighted by Crippen LogP contribution is 2.72. The predicted octanol–water partition coefficient (Wildman–Crippen LogP) is 6.04. The number of alkyl halides is 1.